The van der Waals surface area contributed by atoms with Crippen molar-refractivity contribution in [2.24, 2.45) is 0 Å². The maximum absolute atomic E-state index is 12.9. The number of likely N-dealkylation sites (N-methyl/N-ethyl adjacent to an activating group) is 1. The number of aromatic nitrogens is 2. The van der Waals surface area contributed by atoms with Crippen LogP contribution in [-0.2, 0) is 14.8 Å². The highest BCUT2D eigenvalue weighted by molar-refractivity contribution is 7.89. The van der Waals surface area contributed by atoms with E-state index >= 15 is 0 Å². The summed E-state index contributed by atoms with van der Waals surface area (Å²) in [7, 11) is -1.75. The zero-order chi connectivity index (χ0) is 24.1. The van der Waals surface area contributed by atoms with Crippen LogP contribution in [0.15, 0.2) is 71.9 Å². The van der Waals surface area contributed by atoms with E-state index in [-0.39, 0.29) is 17.0 Å². The number of rotatable bonds is 7. The first-order valence-corrected chi connectivity index (χ1v) is 12.2. The van der Waals surface area contributed by atoms with Crippen LogP contribution in [0.2, 0.25) is 0 Å². The lowest BCUT2D eigenvalue weighted by Gasteiger charge is -2.31. The average molecular weight is 483 g/mol. The third-order valence-electron chi connectivity index (χ3n) is 5.53. The summed E-state index contributed by atoms with van der Waals surface area (Å²) in [6.07, 6.45) is 3.49. The van der Waals surface area contributed by atoms with E-state index < -0.39 is 21.8 Å². The van der Waals surface area contributed by atoms with Crippen molar-refractivity contribution in [2.45, 2.75) is 4.90 Å². The third kappa shape index (κ3) is 5.50. The molecule has 2 heterocycles. The molecular formula is C23H26N6O4S. The van der Waals surface area contributed by atoms with Gasteiger partial charge in [0.2, 0.25) is 15.9 Å². The number of benzene rings is 2. The summed E-state index contributed by atoms with van der Waals surface area (Å²) in [5.41, 5.74) is 1.60. The van der Waals surface area contributed by atoms with Crippen LogP contribution in [0.4, 0.5) is 5.69 Å². The van der Waals surface area contributed by atoms with Crippen molar-refractivity contribution in [2.75, 3.05) is 45.1 Å². The van der Waals surface area contributed by atoms with Gasteiger partial charge in [-0.05, 0) is 55.6 Å². The largest absolute Gasteiger partial charge is 0.343 e. The van der Waals surface area contributed by atoms with Crippen LogP contribution in [0.5, 0.6) is 0 Å². The first kappa shape index (κ1) is 23.6. The molecule has 1 aromatic heterocycles. The molecule has 1 aliphatic rings. The van der Waals surface area contributed by atoms with Crippen LogP contribution < -0.4 is 10.6 Å². The van der Waals surface area contributed by atoms with Gasteiger partial charge < -0.3 is 15.5 Å². The molecule has 4 rings (SSSR count). The molecule has 34 heavy (non-hydrogen) atoms. The maximum Gasteiger partial charge on any atom is 0.251 e. The number of piperazine rings is 1. The highest BCUT2D eigenvalue weighted by Crippen LogP contribution is 2.19. The van der Waals surface area contributed by atoms with Gasteiger partial charge in [0.05, 0.1) is 17.1 Å². The zero-order valence-electron chi connectivity index (χ0n) is 18.7. The minimum atomic E-state index is -3.69. The summed E-state index contributed by atoms with van der Waals surface area (Å²) < 4.78 is 29.0. The molecular weight excluding hydrogens is 456 g/mol. The number of carbonyl (C=O) groups is 2. The van der Waals surface area contributed by atoms with Gasteiger partial charge in [0, 0.05) is 49.8 Å². The van der Waals surface area contributed by atoms with Crippen molar-refractivity contribution < 1.29 is 18.0 Å². The Hall–Kier alpha value is -3.54. The maximum atomic E-state index is 12.9. The number of amides is 2. The Morgan fingerprint density at radius 2 is 1.74 bits per heavy atom. The van der Waals surface area contributed by atoms with Crippen LogP contribution in [-0.4, -0.2) is 79.0 Å². The van der Waals surface area contributed by atoms with Crippen molar-refractivity contribution in [3.63, 3.8) is 0 Å². The second kappa shape index (κ2) is 10.2. The Morgan fingerprint density at radius 1 is 1.00 bits per heavy atom. The van der Waals surface area contributed by atoms with Gasteiger partial charge >= 0.3 is 0 Å². The first-order valence-electron chi connectivity index (χ1n) is 10.8. The van der Waals surface area contributed by atoms with Gasteiger partial charge in [-0.2, -0.15) is 9.40 Å². The summed E-state index contributed by atoms with van der Waals surface area (Å²) in [5.74, 6) is -0.930. The molecule has 0 radical (unpaired) electrons. The number of carbonyl (C=O) groups excluding carboxylic acids is 2. The van der Waals surface area contributed by atoms with E-state index in [4.69, 9.17) is 0 Å². The molecule has 1 fully saturated rings. The van der Waals surface area contributed by atoms with E-state index in [9.17, 15) is 18.0 Å². The van der Waals surface area contributed by atoms with Gasteiger partial charge in [-0.1, -0.05) is 6.07 Å². The molecule has 0 aliphatic carbocycles. The number of nitrogens with one attached hydrogen (secondary N) is 2. The molecule has 0 unspecified atom stereocenters. The van der Waals surface area contributed by atoms with Crippen LogP contribution in [0.1, 0.15) is 10.4 Å². The van der Waals surface area contributed by atoms with Crippen LogP contribution in [0.25, 0.3) is 5.69 Å². The lowest BCUT2D eigenvalue weighted by Crippen LogP contribution is -2.47. The van der Waals surface area contributed by atoms with Crippen LogP contribution in [0.3, 0.4) is 0 Å². The summed E-state index contributed by atoms with van der Waals surface area (Å²) in [6, 6.07) is 14.8. The summed E-state index contributed by atoms with van der Waals surface area (Å²) in [4.78, 5) is 27.0. The fourth-order valence-corrected chi connectivity index (χ4v) is 5.03. The molecule has 2 aromatic carbocycles. The lowest BCUT2D eigenvalue weighted by molar-refractivity contribution is -0.115. The predicted octanol–water partition coefficient (Wildman–Crippen LogP) is 1.18. The van der Waals surface area contributed by atoms with Crippen LogP contribution >= 0.6 is 0 Å². The number of sulfonamides is 1. The van der Waals surface area contributed by atoms with Gasteiger partial charge in [-0.15, -0.1) is 0 Å². The van der Waals surface area contributed by atoms with E-state index in [0.29, 0.717) is 31.9 Å². The second-order valence-electron chi connectivity index (χ2n) is 7.96. The molecule has 178 valence electrons. The van der Waals surface area contributed by atoms with E-state index in [1.165, 1.54) is 28.6 Å². The molecule has 0 atom stereocenters. The normalized spacial score (nSPS) is 15.1. The van der Waals surface area contributed by atoms with Gasteiger partial charge in [0.25, 0.3) is 5.91 Å². The van der Waals surface area contributed by atoms with E-state index in [1.54, 1.807) is 23.0 Å². The Morgan fingerprint density at radius 3 is 2.41 bits per heavy atom. The summed E-state index contributed by atoms with van der Waals surface area (Å²) in [5, 5.41) is 9.40. The monoisotopic (exact) mass is 482 g/mol. The van der Waals surface area contributed by atoms with Crippen molar-refractivity contribution in [3.05, 3.63) is 72.6 Å². The number of hydrogen-bond donors (Lipinski definition) is 2. The van der Waals surface area contributed by atoms with Crippen molar-refractivity contribution in [1.82, 2.24) is 24.3 Å². The summed E-state index contributed by atoms with van der Waals surface area (Å²) in [6.45, 7) is 1.85. The van der Waals surface area contributed by atoms with E-state index in [0.717, 1.165) is 5.69 Å². The van der Waals surface area contributed by atoms with E-state index in [1.807, 2.05) is 31.4 Å². The third-order valence-corrected chi connectivity index (χ3v) is 7.42. The SMILES string of the molecule is CN1CCN(S(=O)(=O)c2cccc(C(=O)NCC(=O)Nc3ccc(-n4cccn4)cc3)c2)CC1. The number of hydrogen-bond acceptors (Lipinski definition) is 6. The van der Waals surface area contributed by atoms with Gasteiger partial charge in [0.15, 0.2) is 0 Å². The fraction of sp³-hybridized carbons (Fsp3) is 0.261. The average Bonchev–Trinajstić information content (AvgIpc) is 3.38. The molecule has 2 N–H and O–H groups in total. The van der Waals surface area contributed by atoms with Gasteiger partial charge in [-0.25, -0.2) is 13.1 Å². The zero-order valence-corrected chi connectivity index (χ0v) is 19.5. The molecule has 1 aliphatic heterocycles. The first-order chi connectivity index (χ1) is 16.3. The lowest BCUT2D eigenvalue weighted by atomic mass is 10.2. The molecule has 0 bridgehead atoms. The van der Waals surface area contributed by atoms with Crippen LogP contribution in [0, 0.1) is 0 Å². The Balaban J connectivity index is 1.33. The highest BCUT2D eigenvalue weighted by atomic mass is 32.2. The topological polar surface area (TPSA) is 117 Å². The molecule has 11 heteroatoms. The minimum Gasteiger partial charge on any atom is -0.343 e. The Kier molecular flexibility index (Phi) is 7.06. The van der Waals surface area contributed by atoms with Gasteiger partial charge in [0.1, 0.15) is 0 Å². The Bertz CT molecular complexity index is 1250. The quantitative estimate of drug-likeness (QED) is 0.522. The standard InChI is InChI=1S/C23H26N6O4S/c1-27-12-14-28(15-13-27)34(32,33)21-5-2-4-18(16-21)23(31)24-17-22(30)26-19-6-8-20(9-7-19)29-11-3-10-25-29/h2-11,16H,12-15,17H2,1H3,(H,24,31)(H,26,30). The molecule has 2 amide bonds. The Labute approximate surface area is 198 Å². The molecule has 1 saturated heterocycles. The van der Waals surface area contributed by atoms with Crippen molar-refractivity contribution in [1.29, 1.82) is 0 Å². The smallest absolute Gasteiger partial charge is 0.251 e. The van der Waals surface area contributed by atoms with Gasteiger partial charge in [-0.3, -0.25) is 9.59 Å². The molecule has 3 aromatic rings. The summed E-state index contributed by atoms with van der Waals surface area (Å²) >= 11 is 0. The molecule has 0 saturated carbocycles. The molecule has 10 nitrogen and oxygen atoms in total. The number of nitrogens with zero attached hydrogens (tertiary/aromatic N) is 4. The fourth-order valence-electron chi connectivity index (χ4n) is 3.56. The molecule has 0 spiro atoms. The van der Waals surface area contributed by atoms with Crippen molar-refractivity contribution >= 4 is 27.5 Å². The minimum absolute atomic E-state index is 0.0615. The van der Waals surface area contributed by atoms with E-state index in [2.05, 4.69) is 20.6 Å². The predicted molar refractivity (Wildman–Crippen MR) is 127 cm³/mol. The van der Waals surface area contributed by atoms with Crippen molar-refractivity contribution in [3.8, 4) is 5.69 Å². The number of anilines is 1. The highest BCUT2D eigenvalue weighted by Gasteiger charge is 2.28. The second-order valence-corrected chi connectivity index (χ2v) is 9.90.